The van der Waals surface area contributed by atoms with Crippen LogP contribution in [0.15, 0.2) is 24.3 Å². The second-order valence-corrected chi connectivity index (χ2v) is 8.87. The van der Waals surface area contributed by atoms with E-state index in [1.165, 1.54) is 12.5 Å². The fourth-order valence-electron chi connectivity index (χ4n) is 3.15. The predicted octanol–water partition coefficient (Wildman–Crippen LogP) is 4.95. The van der Waals surface area contributed by atoms with Gasteiger partial charge in [-0.15, -0.1) is 0 Å². The number of hydrogen-bond donors (Lipinski definition) is 0. The smallest absolute Gasteiger partial charge is 0.133 e. The Morgan fingerprint density at radius 3 is 2.53 bits per heavy atom. The Hall–Kier alpha value is -0.620. The van der Waals surface area contributed by atoms with Crippen LogP contribution in [-0.4, -0.2) is 11.8 Å². The van der Waals surface area contributed by atoms with Crippen molar-refractivity contribution in [3.8, 4) is 0 Å². The summed E-state index contributed by atoms with van der Waals surface area (Å²) in [6.45, 7) is 2.10. The topological polar surface area (TPSA) is 17.1 Å². The minimum atomic E-state index is -2.58. The average Bonchev–Trinajstić information content (AvgIpc) is 2.46. The zero-order valence-corrected chi connectivity index (χ0v) is 12.7. The largest absolute Gasteiger partial charge is 0.318 e. The number of unbranched alkanes of at least 4 members (excludes halogenated alkanes) is 1. The second-order valence-electron chi connectivity index (χ2n) is 5.62. The van der Waals surface area contributed by atoms with Gasteiger partial charge in [-0.25, -0.2) is 4.39 Å². The normalized spacial score (nSPS) is 20.1. The van der Waals surface area contributed by atoms with Crippen LogP contribution in [-0.2, 0) is 4.57 Å². The van der Waals surface area contributed by atoms with E-state index in [2.05, 4.69) is 6.92 Å². The molecule has 1 aliphatic carbocycles. The van der Waals surface area contributed by atoms with Crippen LogP contribution < -0.4 is 5.30 Å². The van der Waals surface area contributed by atoms with Crippen LogP contribution in [0.4, 0.5) is 4.39 Å². The molecule has 0 aliphatic heterocycles. The van der Waals surface area contributed by atoms with Crippen molar-refractivity contribution in [3.63, 3.8) is 0 Å². The zero-order valence-electron chi connectivity index (χ0n) is 11.8. The molecular weight excluding hydrogens is 258 g/mol. The fraction of sp³-hybridized carbons (Fsp3) is 0.625. The molecule has 0 amide bonds. The van der Waals surface area contributed by atoms with Crippen molar-refractivity contribution in [2.75, 3.05) is 6.16 Å². The molecule has 1 saturated carbocycles. The third kappa shape index (κ3) is 3.28. The Labute approximate surface area is 116 Å². The molecule has 1 aromatic carbocycles. The summed E-state index contributed by atoms with van der Waals surface area (Å²) in [5.74, 6) is -0.271. The lowest BCUT2D eigenvalue weighted by atomic mass is 10.0. The summed E-state index contributed by atoms with van der Waals surface area (Å²) in [5.41, 5.74) is 0.213. The molecule has 1 atom stereocenters. The molecule has 1 aliphatic rings. The maximum absolute atomic E-state index is 14.1. The average molecular weight is 282 g/mol. The number of benzene rings is 1. The number of hydrogen-bond acceptors (Lipinski definition) is 1. The Morgan fingerprint density at radius 2 is 1.89 bits per heavy atom. The molecule has 106 valence electrons. The quantitative estimate of drug-likeness (QED) is 0.698. The Bertz CT molecular complexity index is 452. The molecule has 0 bridgehead atoms. The molecular formula is C16H24FOP. The minimum Gasteiger partial charge on any atom is -0.318 e. The number of halogens is 1. The number of rotatable bonds is 5. The lowest BCUT2D eigenvalue weighted by Gasteiger charge is -2.31. The predicted molar refractivity (Wildman–Crippen MR) is 80.3 cm³/mol. The van der Waals surface area contributed by atoms with Crippen LogP contribution in [0.3, 0.4) is 0 Å². The van der Waals surface area contributed by atoms with Gasteiger partial charge in [-0.3, -0.25) is 0 Å². The highest BCUT2D eigenvalue weighted by Crippen LogP contribution is 2.55. The first-order chi connectivity index (χ1) is 9.18. The van der Waals surface area contributed by atoms with E-state index in [9.17, 15) is 8.96 Å². The molecule has 0 spiro atoms. The monoisotopic (exact) mass is 282 g/mol. The summed E-state index contributed by atoms with van der Waals surface area (Å²) in [5, 5.41) is 0.510. The molecule has 0 saturated heterocycles. The van der Waals surface area contributed by atoms with Gasteiger partial charge in [-0.2, -0.15) is 0 Å². The van der Waals surface area contributed by atoms with Gasteiger partial charge in [0.25, 0.3) is 0 Å². The minimum absolute atomic E-state index is 0.213. The Morgan fingerprint density at radius 1 is 1.21 bits per heavy atom. The first-order valence-corrected chi connectivity index (χ1v) is 9.48. The highest BCUT2D eigenvalue weighted by molar-refractivity contribution is 7.72. The highest BCUT2D eigenvalue weighted by Gasteiger charge is 2.36. The van der Waals surface area contributed by atoms with Crippen LogP contribution in [0, 0.1) is 5.82 Å². The lowest BCUT2D eigenvalue weighted by molar-refractivity contribution is 0.484. The molecule has 0 N–H and O–H groups in total. The summed E-state index contributed by atoms with van der Waals surface area (Å²) in [4.78, 5) is 0. The van der Waals surface area contributed by atoms with E-state index < -0.39 is 7.14 Å². The van der Waals surface area contributed by atoms with Gasteiger partial charge < -0.3 is 4.57 Å². The van der Waals surface area contributed by atoms with E-state index in [1.54, 1.807) is 12.1 Å². The second kappa shape index (κ2) is 6.70. The van der Waals surface area contributed by atoms with Crippen molar-refractivity contribution in [1.29, 1.82) is 0 Å². The van der Waals surface area contributed by atoms with Crippen LogP contribution in [0.5, 0.6) is 0 Å². The molecule has 1 unspecified atom stereocenters. The van der Waals surface area contributed by atoms with Gasteiger partial charge in [-0.1, -0.05) is 44.7 Å². The summed E-state index contributed by atoms with van der Waals surface area (Å²) >= 11 is 0. The van der Waals surface area contributed by atoms with Crippen molar-refractivity contribution in [2.24, 2.45) is 0 Å². The lowest BCUT2D eigenvalue weighted by Crippen LogP contribution is -2.24. The summed E-state index contributed by atoms with van der Waals surface area (Å²) in [6.07, 6.45) is 8.18. The van der Waals surface area contributed by atoms with Crippen molar-refractivity contribution in [2.45, 2.75) is 57.5 Å². The summed E-state index contributed by atoms with van der Waals surface area (Å²) in [7, 11) is -2.58. The van der Waals surface area contributed by atoms with Gasteiger partial charge in [0.1, 0.15) is 13.0 Å². The first kappa shape index (κ1) is 14.8. The van der Waals surface area contributed by atoms with Crippen molar-refractivity contribution >= 4 is 12.4 Å². The van der Waals surface area contributed by atoms with Crippen LogP contribution >= 0.6 is 7.14 Å². The molecule has 19 heavy (non-hydrogen) atoms. The first-order valence-electron chi connectivity index (χ1n) is 7.52. The van der Waals surface area contributed by atoms with Gasteiger partial charge in [0, 0.05) is 17.1 Å². The van der Waals surface area contributed by atoms with E-state index in [1.807, 2.05) is 6.07 Å². The molecule has 1 fully saturated rings. The van der Waals surface area contributed by atoms with E-state index in [4.69, 9.17) is 0 Å². The van der Waals surface area contributed by atoms with E-state index in [0.29, 0.717) is 11.5 Å². The van der Waals surface area contributed by atoms with E-state index in [0.717, 1.165) is 38.5 Å². The van der Waals surface area contributed by atoms with E-state index >= 15 is 0 Å². The molecule has 1 nitrogen and oxygen atoms in total. The standard InChI is InChI=1S/C16H24FOP/c1-2-3-13-19(18,14-9-5-4-6-10-14)16-12-8-7-11-15(16)17/h7-8,11-12,14H,2-6,9-10,13H2,1H3. The van der Waals surface area contributed by atoms with Crippen molar-refractivity contribution in [3.05, 3.63) is 30.1 Å². The molecule has 3 heteroatoms. The van der Waals surface area contributed by atoms with Gasteiger partial charge in [0.2, 0.25) is 0 Å². The molecule has 2 rings (SSSR count). The molecule has 1 aromatic rings. The zero-order chi connectivity index (χ0) is 13.7. The van der Waals surface area contributed by atoms with Gasteiger partial charge in [0.15, 0.2) is 0 Å². The van der Waals surface area contributed by atoms with Gasteiger partial charge in [-0.05, 0) is 31.4 Å². The molecule has 0 radical (unpaired) electrons. The maximum atomic E-state index is 14.1. The highest BCUT2D eigenvalue weighted by atomic mass is 31.2. The van der Waals surface area contributed by atoms with Gasteiger partial charge >= 0.3 is 0 Å². The SMILES string of the molecule is CCCCP(=O)(c1ccccc1F)C1CCCCC1. The Kier molecular flexibility index (Phi) is 5.21. The van der Waals surface area contributed by atoms with Crippen LogP contribution in [0.2, 0.25) is 0 Å². The maximum Gasteiger partial charge on any atom is 0.133 e. The van der Waals surface area contributed by atoms with E-state index in [-0.39, 0.29) is 11.5 Å². The van der Waals surface area contributed by atoms with Gasteiger partial charge in [0.05, 0.1) is 0 Å². The summed E-state index contributed by atoms with van der Waals surface area (Å²) < 4.78 is 27.6. The van der Waals surface area contributed by atoms with Crippen molar-refractivity contribution in [1.82, 2.24) is 0 Å². The van der Waals surface area contributed by atoms with Crippen LogP contribution in [0.1, 0.15) is 51.9 Å². The summed E-state index contributed by atoms with van der Waals surface area (Å²) in [6, 6.07) is 6.71. The fourth-order valence-corrected chi connectivity index (χ4v) is 6.91. The van der Waals surface area contributed by atoms with Crippen molar-refractivity contribution < 1.29 is 8.96 Å². The Balaban J connectivity index is 2.33. The third-order valence-electron chi connectivity index (χ3n) is 4.27. The molecule has 0 heterocycles. The third-order valence-corrected chi connectivity index (χ3v) is 8.12. The van der Waals surface area contributed by atoms with Crippen LogP contribution in [0.25, 0.3) is 0 Å². The molecule has 0 aromatic heterocycles.